The van der Waals surface area contributed by atoms with Crippen LogP contribution in [0.25, 0.3) is 6.08 Å². The van der Waals surface area contributed by atoms with Crippen LogP contribution in [0.2, 0.25) is 0 Å². The first-order valence-corrected chi connectivity index (χ1v) is 6.43. The maximum absolute atomic E-state index is 5.88. The molecule has 1 saturated carbocycles. The van der Waals surface area contributed by atoms with Gasteiger partial charge in [0.25, 0.3) is 0 Å². The van der Waals surface area contributed by atoms with E-state index in [0.29, 0.717) is 0 Å². The lowest BCUT2D eigenvalue weighted by Gasteiger charge is -2.34. The molecular weight excluding hydrogens is 212 g/mol. The van der Waals surface area contributed by atoms with Gasteiger partial charge in [-0.3, -0.25) is 0 Å². The summed E-state index contributed by atoms with van der Waals surface area (Å²) in [6.07, 6.45) is 6.78. The Morgan fingerprint density at radius 2 is 1.76 bits per heavy atom. The van der Waals surface area contributed by atoms with Crippen LogP contribution < -0.4 is 0 Å². The number of rotatable bonds is 1. The Kier molecular flexibility index (Phi) is 3.00. The summed E-state index contributed by atoms with van der Waals surface area (Å²) in [7, 11) is 0. The molecule has 1 spiro atoms. The largest absolute Gasteiger partial charge is 0.344 e. The summed E-state index contributed by atoms with van der Waals surface area (Å²) in [6, 6.07) is 10.4. The first kappa shape index (κ1) is 11.0. The molecule has 0 bridgehead atoms. The molecule has 2 nitrogen and oxygen atoms in total. The van der Waals surface area contributed by atoms with Gasteiger partial charge in [0.05, 0.1) is 13.2 Å². The Hall–Kier alpha value is -1.12. The lowest BCUT2D eigenvalue weighted by atomic mass is 9.87. The molecule has 1 heterocycles. The maximum Gasteiger partial charge on any atom is 0.191 e. The molecule has 0 unspecified atom stereocenters. The standard InChI is InChI=1S/C15H18O2/c1-2-6-13(7-3-1)12-14-8-4-5-9-15(14)16-10-11-17-15/h1-3,6-7,12H,4-5,8-11H2/b14-12+. The fraction of sp³-hybridized carbons (Fsp3) is 0.467. The average Bonchev–Trinajstić information content (AvgIpc) is 2.83. The second kappa shape index (κ2) is 4.63. The molecule has 1 aliphatic heterocycles. The van der Waals surface area contributed by atoms with E-state index < -0.39 is 5.79 Å². The smallest absolute Gasteiger partial charge is 0.191 e. The number of hydrogen-bond acceptors (Lipinski definition) is 2. The van der Waals surface area contributed by atoms with E-state index in [2.05, 4.69) is 30.3 Å². The van der Waals surface area contributed by atoms with Crippen LogP contribution >= 0.6 is 0 Å². The molecule has 1 aliphatic carbocycles. The van der Waals surface area contributed by atoms with Crippen molar-refractivity contribution in [2.75, 3.05) is 13.2 Å². The average molecular weight is 230 g/mol. The molecule has 2 heteroatoms. The van der Waals surface area contributed by atoms with E-state index >= 15 is 0 Å². The molecule has 1 aromatic carbocycles. The van der Waals surface area contributed by atoms with E-state index in [1.165, 1.54) is 24.0 Å². The molecule has 0 N–H and O–H groups in total. The van der Waals surface area contributed by atoms with Gasteiger partial charge < -0.3 is 9.47 Å². The molecule has 0 aromatic heterocycles. The molecule has 0 amide bonds. The molecule has 2 aliphatic rings. The predicted octanol–water partition coefficient (Wildman–Crippen LogP) is 3.39. The Morgan fingerprint density at radius 3 is 2.53 bits per heavy atom. The van der Waals surface area contributed by atoms with Gasteiger partial charge in [0.15, 0.2) is 5.79 Å². The van der Waals surface area contributed by atoms with E-state index in [0.717, 1.165) is 26.1 Å². The van der Waals surface area contributed by atoms with Crippen LogP contribution in [-0.2, 0) is 9.47 Å². The normalized spacial score (nSPS) is 25.5. The van der Waals surface area contributed by atoms with Crippen molar-refractivity contribution < 1.29 is 9.47 Å². The van der Waals surface area contributed by atoms with Crippen molar-refractivity contribution in [3.8, 4) is 0 Å². The zero-order chi connectivity index (χ0) is 11.6. The highest BCUT2D eigenvalue weighted by atomic mass is 16.7. The molecule has 1 saturated heterocycles. The monoisotopic (exact) mass is 230 g/mol. The molecule has 1 aromatic rings. The van der Waals surface area contributed by atoms with Crippen LogP contribution in [0.5, 0.6) is 0 Å². The maximum atomic E-state index is 5.88. The minimum Gasteiger partial charge on any atom is -0.344 e. The van der Waals surface area contributed by atoms with Crippen molar-refractivity contribution in [2.45, 2.75) is 31.5 Å². The topological polar surface area (TPSA) is 18.5 Å². The van der Waals surface area contributed by atoms with E-state index in [1.54, 1.807) is 0 Å². The third-order valence-corrected chi connectivity index (χ3v) is 3.59. The highest BCUT2D eigenvalue weighted by molar-refractivity contribution is 5.55. The fourth-order valence-electron chi connectivity index (χ4n) is 2.74. The third-order valence-electron chi connectivity index (χ3n) is 3.59. The summed E-state index contributed by atoms with van der Waals surface area (Å²) >= 11 is 0. The molecular formula is C15H18O2. The Balaban J connectivity index is 1.91. The van der Waals surface area contributed by atoms with Crippen LogP contribution in [0.1, 0.15) is 31.2 Å². The van der Waals surface area contributed by atoms with E-state index in [1.807, 2.05) is 6.07 Å². The zero-order valence-corrected chi connectivity index (χ0v) is 10.0. The van der Waals surface area contributed by atoms with Gasteiger partial charge in [0.2, 0.25) is 0 Å². The molecule has 0 atom stereocenters. The van der Waals surface area contributed by atoms with Crippen molar-refractivity contribution in [1.29, 1.82) is 0 Å². The van der Waals surface area contributed by atoms with E-state index in [9.17, 15) is 0 Å². The van der Waals surface area contributed by atoms with Gasteiger partial charge in [0, 0.05) is 6.42 Å². The number of hydrogen-bond donors (Lipinski definition) is 0. The summed E-state index contributed by atoms with van der Waals surface area (Å²) in [5.41, 5.74) is 2.55. The lowest BCUT2D eigenvalue weighted by Crippen LogP contribution is -2.35. The second-order valence-electron chi connectivity index (χ2n) is 4.74. The number of benzene rings is 1. The van der Waals surface area contributed by atoms with Crippen LogP contribution in [0.4, 0.5) is 0 Å². The molecule has 0 radical (unpaired) electrons. The van der Waals surface area contributed by atoms with Crippen molar-refractivity contribution in [3.63, 3.8) is 0 Å². The summed E-state index contributed by atoms with van der Waals surface area (Å²) in [4.78, 5) is 0. The highest BCUT2D eigenvalue weighted by Gasteiger charge is 2.41. The number of ether oxygens (including phenoxy) is 2. The highest BCUT2D eigenvalue weighted by Crippen LogP contribution is 2.40. The Bertz CT molecular complexity index is 402. The van der Waals surface area contributed by atoms with Gasteiger partial charge in [-0.25, -0.2) is 0 Å². The first-order chi connectivity index (χ1) is 8.39. The Morgan fingerprint density at radius 1 is 1.00 bits per heavy atom. The zero-order valence-electron chi connectivity index (χ0n) is 10.0. The van der Waals surface area contributed by atoms with Crippen LogP contribution in [0, 0.1) is 0 Å². The minimum absolute atomic E-state index is 0.395. The molecule has 3 rings (SSSR count). The van der Waals surface area contributed by atoms with Gasteiger partial charge in [-0.15, -0.1) is 0 Å². The van der Waals surface area contributed by atoms with Crippen molar-refractivity contribution in [3.05, 3.63) is 41.5 Å². The van der Waals surface area contributed by atoms with Crippen molar-refractivity contribution in [2.24, 2.45) is 0 Å². The molecule has 2 fully saturated rings. The van der Waals surface area contributed by atoms with Crippen molar-refractivity contribution >= 4 is 6.08 Å². The molecule has 17 heavy (non-hydrogen) atoms. The second-order valence-corrected chi connectivity index (χ2v) is 4.74. The summed E-state index contributed by atoms with van der Waals surface area (Å²) in [6.45, 7) is 1.46. The summed E-state index contributed by atoms with van der Waals surface area (Å²) in [5.74, 6) is -0.395. The summed E-state index contributed by atoms with van der Waals surface area (Å²) in [5, 5.41) is 0. The quantitative estimate of drug-likeness (QED) is 0.736. The molecule has 90 valence electrons. The van der Waals surface area contributed by atoms with Gasteiger partial charge >= 0.3 is 0 Å². The van der Waals surface area contributed by atoms with E-state index in [-0.39, 0.29) is 0 Å². The van der Waals surface area contributed by atoms with E-state index in [4.69, 9.17) is 9.47 Å². The van der Waals surface area contributed by atoms with Gasteiger partial charge in [0.1, 0.15) is 0 Å². The third kappa shape index (κ3) is 2.15. The minimum atomic E-state index is -0.395. The van der Waals surface area contributed by atoms with Crippen LogP contribution in [0.3, 0.4) is 0 Å². The Labute approximate surface area is 102 Å². The van der Waals surface area contributed by atoms with Crippen LogP contribution in [0.15, 0.2) is 35.9 Å². The lowest BCUT2D eigenvalue weighted by molar-refractivity contribution is -0.139. The predicted molar refractivity (Wildman–Crippen MR) is 67.5 cm³/mol. The summed E-state index contributed by atoms with van der Waals surface area (Å²) < 4.78 is 11.8. The van der Waals surface area contributed by atoms with Gasteiger partial charge in [-0.2, -0.15) is 0 Å². The SMILES string of the molecule is C(=C1/CCCCC12OCCO2)/c1ccccc1. The van der Waals surface area contributed by atoms with Crippen molar-refractivity contribution in [1.82, 2.24) is 0 Å². The van der Waals surface area contributed by atoms with Gasteiger partial charge in [-0.1, -0.05) is 36.4 Å². The van der Waals surface area contributed by atoms with Crippen LogP contribution in [-0.4, -0.2) is 19.0 Å². The first-order valence-electron chi connectivity index (χ1n) is 6.43. The fourth-order valence-corrected chi connectivity index (χ4v) is 2.74. The van der Waals surface area contributed by atoms with Gasteiger partial charge in [-0.05, 0) is 30.4 Å².